The number of carbonyl (C=O) groups is 1. The summed E-state index contributed by atoms with van der Waals surface area (Å²) in [5.74, 6) is -1.14. The van der Waals surface area contributed by atoms with Gasteiger partial charge < -0.3 is 10.6 Å². The molecular weight excluding hydrogens is 372 g/mol. The molecule has 4 nitrogen and oxygen atoms in total. The van der Waals surface area contributed by atoms with Crippen LogP contribution in [0.4, 0.5) is 9.52 Å². The second-order valence-corrected chi connectivity index (χ2v) is 6.76. The van der Waals surface area contributed by atoms with E-state index in [4.69, 9.17) is 23.2 Å². The highest BCUT2D eigenvalue weighted by molar-refractivity contribution is 7.22. The molecule has 0 fully saturated rings. The standard InChI is InChI=1S/C16H12Cl2FN3OS/c17-10-8-11(18)12(19)7-9(10)15(23)20-5-6-21-16-22-13-3-1-2-4-14(13)24-16/h1-4,7-8H,5-6H2,(H,20,23)(H,21,22). The number of para-hydroxylation sites is 1. The summed E-state index contributed by atoms with van der Waals surface area (Å²) in [6.45, 7) is 0.828. The van der Waals surface area contributed by atoms with E-state index in [2.05, 4.69) is 15.6 Å². The maximum atomic E-state index is 13.4. The first kappa shape index (κ1) is 17.0. The molecule has 0 spiro atoms. The van der Waals surface area contributed by atoms with Gasteiger partial charge in [-0.25, -0.2) is 9.37 Å². The van der Waals surface area contributed by atoms with Crippen LogP contribution in [0.25, 0.3) is 10.2 Å². The summed E-state index contributed by atoms with van der Waals surface area (Å²) in [4.78, 5) is 16.5. The van der Waals surface area contributed by atoms with Gasteiger partial charge in [0, 0.05) is 13.1 Å². The minimum Gasteiger partial charge on any atom is -0.360 e. The maximum absolute atomic E-state index is 13.4. The van der Waals surface area contributed by atoms with Crippen molar-refractivity contribution in [1.82, 2.24) is 10.3 Å². The summed E-state index contributed by atoms with van der Waals surface area (Å²) in [6.07, 6.45) is 0. The lowest BCUT2D eigenvalue weighted by Gasteiger charge is -2.08. The zero-order valence-electron chi connectivity index (χ0n) is 12.3. The fourth-order valence-electron chi connectivity index (χ4n) is 2.09. The van der Waals surface area contributed by atoms with Gasteiger partial charge in [-0.2, -0.15) is 0 Å². The summed E-state index contributed by atoms with van der Waals surface area (Å²) < 4.78 is 14.5. The van der Waals surface area contributed by atoms with Crippen molar-refractivity contribution >= 4 is 55.8 Å². The third kappa shape index (κ3) is 3.77. The van der Waals surface area contributed by atoms with Crippen LogP contribution in [0, 0.1) is 5.82 Å². The van der Waals surface area contributed by atoms with Gasteiger partial charge in [0.05, 0.1) is 25.8 Å². The van der Waals surface area contributed by atoms with Crippen molar-refractivity contribution in [1.29, 1.82) is 0 Å². The molecule has 2 N–H and O–H groups in total. The number of nitrogens with one attached hydrogen (secondary N) is 2. The van der Waals surface area contributed by atoms with Gasteiger partial charge in [-0.1, -0.05) is 46.7 Å². The fraction of sp³-hybridized carbons (Fsp3) is 0.125. The van der Waals surface area contributed by atoms with Crippen LogP contribution >= 0.6 is 34.5 Å². The molecule has 0 bridgehead atoms. The number of hydrogen-bond acceptors (Lipinski definition) is 4. The van der Waals surface area contributed by atoms with Gasteiger partial charge in [0.15, 0.2) is 5.13 Å². The first-order chi connectivity index (χ1) is 11.5. The van der Waals surface area contributed by atoms with Crippen molar-refractivity contribution in [3.63, 3.8) is 0 Å². The van der Waals surface area contributed by atoms with Crippen LogP contribution in [0.15, 0.2) is 36.4 Å². The summed E-state index contributed by atoms with van der Waals surface area (Å²) in [5, 5.41) is 6.58. The predicted octanol–water partition coefficient (Wildman–Crippen LogP) is 4.58. The second-order valence-electron chi connectivity index (χ2n) is 4.92. The Morgan fingerprint density at radius 2 is 1.96 bits per heavy atom. The molecule has 0 aliphatic carbocycles. The Balaban J connectivity index is 1.54. The third-order valence-corrected chi connectivity index (χ3v) is 4.83. The zero-order valence-corrected chi connectivity index (χ0v) is 14.6. The van der Waals surface area contributed by atoms with Crippen molar-refractivity contribution in [2.45, 2.75) is 0 Å². The van der Waals surface area contributed by atoms with E-state index in [-0.39, 0.29) is 15.6 Å². The van der Waals surface area contributed by atoms with Gasteiger partial charge in [0.2, 0.25) is 0 Å². The zero-order chi connectivity index (χ0) is 17.1. The van der Waals surface area contributed by atoms with E-state index in [0.29, 0.717) is 13.1 Å². The van der Waals surface area contributed by atoms with Gasteiger partial charge in [0.1, 0.15) is 5.82 Å². The molecule has 1 heterocycles. The Kier molecular flexibility index (Phi) is 5.18. The van der Waals surface area contributed by atoms with Crippen LogP contribution in [0.2, 0.25) is 10.0 Å². The van der Waals surface area contributed by atoms with E-state index >= 15 is 0 Å². The van der Waals surface area contributed by atoms with E-state index in [1.165, 1.54) is 17.4 Å². The molecule has 0 unspecified atom stereocenters. The smallest absolute Gasteiger partial charge is 0.252 e. The van der Waals surface area contributed by atoms with Crippen molar-refractivity contribution < 1.29 is 9.18 Å². The Labute approximate surface area is 151 Å². The molecule has 0 atom stereocenters. The number of fused-ring (bicyclic) bond motifs is 1. The Morgan fingerprint density at radius 3 is 2.75 bits per heavy atom. The molecule has 0 aliphatic heterocycles. The van der Waals surface area contributed by atoms with Crippen molar-refractivity contribution in [3.05, 3.63) is 57.8 Å². The minimum absolute atomic E-state index is 0.0542. The first-order valence-electron chi connectivity index (χ1n) is 7.07. The van der Waals surface area contributed by atoms with E-state index in [9.17, 15) is 9.18 Å². The van der Waals surface area contributed by atoms with Crippen LogP contribution in [0.3, 0.4) is 0 Å². The van der Waals surface area contributed by atoms with Gasteiger partial charge in [-0.05, 0) is 24.3 Å². The molecule has 0 aliphatic rings. The summed E-state index contributed by atoms with van der Waals surface area (Å²) >= 11 is 13.1. The van der Waals surface area contributed by atoms with Crippen molar-refractivity contribution in [2.24, 2.45) is 0 Å². The average Bonchev–Trinajstić information content (AvgIpc) is 2.97. The molecule has 24 heavy (non-hydrogen) atoms. The molecule has 2 aromatic carbocycles. The van der Waals surface area contributed by atoms with Crippen LogP contribution in [0.5, 0.6) is 0 Å². The number of carbonyl (C=O) groups excluding carboxylic acids is 1. The summed E-state index contributed by atoms with van der Waals surface area (Å²) in [6, 6.07) is 10.1. The monoisotopic (exact) mass is 383 g/mol. The number of amides is 1. The highest BCUT2D eigenvalue weighted by Crippen LogP contribution is 2.25. The molecule has 1 amide bonds. The number of anilines is 1. The maximum Gasteiger partial charge on any atom is 0.252 e. The molecule has 0 saturated carbocycles. The second kappa shape index (κ2) is 7.34. The topological polar surface area (TPSA) is 54.0 Å². The quantitative estimate of drug-likeness (QED) is 0.500. The van der Waals surface area contributed by atoms with E-state index in [0.717, 1.165) is 21.4 Å². The van der Waals surface area contributed by atoms with Crippen molar-refractivity contribution in [2.75, 3.05) is 18.4 Å². The fourth-order valence-corrected chi connectivity index (χ4v) is 3.45. The molecule has 3 aromatic rings. The van der Waals surface area contributed by atoms with E-state index in [1.54, 1.807) is 0 Å². The normalized spacial score (nSPS) is 10.8. The number of benzene rings is 2. The van der Waals surface area contributed by atoms with Gasteiger partial charge >= 0.3 is 0 Å². The SMILES string of the molecule is O=C(NCCNc1nc2ccccc2s1)c1cc(F)c(Cl)cc1Cl. The van der Waals surface area contributed by atoms with Crippen LogP contribution in [-0.2, 0) is 0 Å². The number of nitrogens with zero attached hydrogens (tertiary/aromatic N) is 1. The minimum atomic E-state index is -0.682. The molecule has 3 rings (SSSR count). The number of rotatable bonds is 5. The third-order valence-electron chi connectivity index (χ3n) is 3.24. The van der Waals surface area contributed by atoms with Gasteiger partial charge in [-0.15, -0.1) is 0 Å². The first-order valence-corrected chi connectivity index (χ1v) is 8.64. The molecule has 124 valence electrons. The van der Waals surface area contributed by atoms with Crippen LogP contribution < -0.4 is 10.6 Å². The highest BCUT2D eigenvalue weighted by Gasteiger charge is 2.13. The molecule has 0 radical (unpaired) electrons. The largest absolute Gasteiger partial charge is 0.360 e. The molecule has 0 saturated heterocycles. The number of aromatic nitrogens is 1. The summed E-state index contributed by atoms with van der Waals surface area (Å²) in [7, 11) is 0. The molecule has 8 heteroatoms. The lowest BCUT2D eigenvalue weighted by molar-refractivity contribution is 0.0955. The number of halogens is 3. The number of hydrogen-bond donors (Lipinski definition) is 2. The number of thiazole rings is 1. The lowest BCUT2D eigenvalue weighted by Crippen LogP contribution is -2.29. The Morgan fingerprint density at radius 1 is 1.17 bits per heavy atom. The highest BCUT2D eigenvalue weighted by atomic mass is 35.5. The van der Waals surface area contributed by atoms with Gasteiger partial charge in [0.25, 0.3) is 5.91 Å². The van der Waals surface area contributed by atoms with Crippen molar-refractivity contribution in [3.8, 4) is 0 Å². The van der Waals surface area contributed by atoms with Gasteiger partial charge in [-0.3, -0.25) is 4.79 Å². The van der Waals surface area contributed by atoms with Crippen LogP contribution in [-0.4, -0.2) is 24.0 Å². The summed E-state index contributed by atoms with van der Waals surface area (Å²) in [5.41, 5.74) is 0.982. The lowest BCUT2D eigenvalue weighted by atomic mass is 10.2. The van der Waals surface area contributed by atoms with E-state index < -0.39 is 11.7 Å². The molecule has 1 aromatic heterocycles. The predicted molar refractivity (Wildman–Crippen MR) is 96.9 cm³/mol. The molecular formula is C16H12Cl2FN3OS. The van der Waals surface area contributed by atoms with E-state index in [1.807, 2.05) is 24.3 Å². The van der Waals surface area contributed by atoms with Crippen LogP contribution in [0.1, 0.15) is 10.4 Å². The Bertz CT molecular complexity index is 867. The average molecular weight is 384 g/mol. The Hall–Kier alpha value is -1.89.